The van der Waals surface area contributed by atoms with Gasteiger partial charge in [0.15, 0.2) is 5.78 Å². The van der Waals surface area contributed by atoms with Crippen molar-refractivity contribution in [3.8, 4) is 0 Å². The zero-order chi connectivity index (χ0) is 22.9. The molecule has 1 heterocycles. The van der Waals surface area contributed by atoms with Crippen molar-refractivity contribution in [2.75, 3.05) is 0 Å². The molecule has 33 heavy (non-hydrogen) atoms. The molecule has 0 unspecified atom stereocenters. The monoisotopic (exact) mass is 613 g/mol. The van der Waals surface area contributed by atoms with Crippen LogP contribution in [0.15, 0.2) is 89.6 Å². The van der Waals surface area contributed by atoms with E-state index in [0.717, 1.165) is 11.3 Å². The number of aliphatic hydroxyl groups is 1. The first-order valence-electron chi connectivity index (χ1n) is 10.7. The minimum Gasteiger partial charge on any atom is -0.512 e. The van der Waals surface area contributed by atoms with Gasteiger partial charge in [0.05, 0.1) is 11.3 Å². The first-order valence-corrected chi connectivity index (χ1v) is 10.7. The van der Waals surface area contributed by atoms with Crippen LogP contribution in [0.1, 0.15) is 44.4 Å². The first-order chi connectivity index (χ1) is 15.3. The molecule has 0 saturated carbocycles. The number of nitrogens with zero attached hydrogens (tertiary/aromatic N) is 1. The number of carbonyl (C=O) groups excluding carboxylic acids is 1. The molecule has 169 valence electrons. The van der Waals surface area contributed by atoms with Gasteiger partial charge in [-0.05, 0) is 66.1 Å². The van der Waals surface area contributed by atoms with E-state index in [9.17, 15) is 4.79 Å². The molecule has 0 fully saturated rings. The van der Waals surface area contributed by atoms with Crippen LogP contribution in [-0.2, 0) is 30.4 Å². The molecule has 0 aromatic heterocycles. The average molecular weight is 613 g/mol. The van der Waals surface area contributed by atoms with Crippen LogP contribution >= 0.6 is 0 Å². The summed E-state index contributed by atoms with van der Waals surface area (Å²) in [5.41, 5.74) is 4.46. The Balaban J connectivity index is 0.000000337. The maximum absolute atomic E-state index is 10.0. The van der Waals surface area contributed by atoms with Crippen LogP contribution < -0.4 is 0 Å². The van der Waals surface area contributed by atoms with E-state index in [1.807, 2.05) is 12.1 Å². The minimum absolute atomic E-state index is 0. The summed E-state index contributed by atoms with van der Waals surface area (Å²) in [4.78, 5) is 15.2. The number of hydrogen-bond acceptors (Lipinski definition) is 3. The van der Waals surface area contributed by atoms with Crippen molar-refractivity contribution in [2.45, 2.75) is 33.2 Å². The molecule has 1 N–H and O–H groups in total. The van der Waals surface area contributed by atoms with Gasteiger partial charge in [0.1, 0.15) is 0 Å². The minimum atomic E-state index is -0.252. The number of aliphatic imine (C=N–C) groups is 1. The number of aliphatic hydroxyl groups excluding tert-OH is 1. The van der Waals surface area contributed by atoms with E-state index < -0.39 is 0 Å². The van der Waals surface area contributed by atoms with Crippen LogP contribution in [0.4, 0.5) is 0 Å². The molecular formula is C29H26IrNO2-. The molecule has 4 aromatic rings. The van der Waals surface area contributed by atoms with Gasteiger partial charge in [-0.25, -0.2) is 0 Å². The van der Waals surface area contributed by atoms with Gasteiger partial charge in [-0.15, -0.1) is 35.9 Å². The SMILES string of the molecule is CC(=O)/C=C(/C)O.CC1(C)N=C(c2[c-]cccc2)c2c1c1ccccc1c1ccccc21.[Ir]. The van der Waals surface area contributed by atoms with Crippen LogP contribution in [0.25, 0.3) is 21.5 Å². The Bertz CT molecular complexity index is 1380. The summed E-state index contributed by atoms with van der Waals surface area (Å²) >= 11 is 0. The van der Waals surface area contributed by atoms with Gasteiger partial charge in [0.2, 0.25) is 0 Å². The molecule has 1 aliphatic heterocycles. The number of benzene rings is 4. The summed E-state index contributed by atoms with van der Waals surface area (Å²) in [6.07, 6.45) is 1.17. The zero-order valence-electron chi connectivity index (χ0n) is 19.1. The summed E-state index contributed by atoms with van der Waals surface area (Å²) < 4.78 is 0. The maximum atomic E-state index is 10.0. The van der Waals surface area contributed by atoms with Crippen LogP contribution in [0.3, 0.4) is 0 Å². The molecular weight excluding hydrogens is 587 g/mol. The second kappa shape index (κ2) is 9.82. The Kier molecular flexibility index (Phi) is 7.31. The molecule has 0 bridgehead atoms. The topological polar surface area (TPSA) is 49.7 Å². The van der Waals surface area contributed by atoms with E-state index in [1.54, 1.807) is 0 Å². The van der Waals surface area contributed by atoms with Crippen molar-refractivity contribution in [2.24, 2.45) is 4.99 Å². The van der Waals surface area contributed by atoms with Gasteiger partial charge in [-0.2, -0.15) is 0 Å². The molecule has 0 saturated heterocycles. The molecule has 4 heteroatoms. The molecule has 3 nitrogen and oxygen atoms in total. The summed E-state index contributed by atoms with van der Waals surface area (Å²) in [5.74, 6) is -0.0625. The van der Waals surface area contributed by atoms with E-state index in [4.69, 9.17) is 10.1 Å². The van der Waals surface area contributed by atoms with E-state index >= 15 is 0 Å². The van der Waals surface area contributed by atoms with Crippen molar-refractivity contribution in [1.82, 2.24) is 0 Å². The number of hydrogen-bond donors (Lipinski definition) is 1. The third kappa shape index (κ3) is 4.83. The summed E-state index contributed by atoms with van der Waals surface area (Å²) in [7, 11) is 0. The van der Waals surface area contributed by atoms with Crippen LogP contribution in [0, 0.1) is 6.07 Å². The predicted octanol–water partition coefficient (Wildman–Crippen LogP) is 6.91. The molecule has 0 spiro atoms. The van der Waals surface area contributed by atoms with Gasteiger partial charge >= 0.3 is 0 Å². The predicted molar refractivity (Wildman–Crippen MR) is 132 cm³/mol. The molecule has 1 aliphatic rings. The van der Waals surface area contributed by atoms with E-state index in [2.05, 4.69) is 80.6 Å². The van der Waals surface area contributed by atoms with Gasteiger partial charge in [0.25, 0.3) is 0 Å². The number of carbonyl (C=O) groups is 1. The van der Waals surface area contributed by atoms with Crippen LogP contribution in [0.5, 0.6) is 0 Å². The molecule has 0 aliphatic carbocycles. The molecule has 1 radical (unpaired) electrons. The zero-order valence-corrected chi connectivity index (χ0v) is 21.5. The Morgan fingerprint density at radius 1 is 0.879 bits per heavy atom. The molecule has 0 amide bonds. The van der Waals surface area contributed by atoms with Crippen molar-refractivity contribution in [3.63, 3.8) is 0 Å². The van der Waals surface area contributed by atoms with Gasteiger partial charge in [-0.3, -0.25) is 4.79 Å². The Morgan fingerprint density at radius 2 is 1.42 bits per heavy atom. The third-order valence-corrected chi connectivity index (χ3v) is 5.55. The summed E-state index contributed by atoms with van der Waals surface area (Å²) in [5, 5.41) is 13.5. The maximum Gasteiger partial charge on any atom is 0.155 e. The fourth-order valence-corrected chi connectivity index (χ4v) is 4.44. The standard InChI is InChI=1S/C24H18N.C5H8O2.Ir/c1-24(2)22-20-15-9-7-13-18(20)17-12-6-8-14-19(17)21(22)23(25-24)16-10-4-3-5-11-16;1-4(6)3-5(2)7;/h3-10,12-15H,1-2H3;3,6H,1-2H3;/q-1;;/b;4-3-;. The van der Waals surface area contributed by atoms with Gasteiger partial charge in [0, 0.05) is 26.2 Å². The summed E-state index contributed by atoms with van der Waals surface area (Å²) in [6.45, 7) is 7.27. The Hall–Kier alpha value is -3.07. The van der Waals surface area contributed by atoms with E-state index in [1.165, 1.54) is 52.6 Å². The van der Waals surface area contributed by atoms with Gasteiger partial charge < -0.3 is 10.1 Å². The fraction of sp³-hybridized carbons (Fsp3) is 0.172. The second-order valence-electron chi connectivity index (χ2n) is 8.53. The number of rotatable bonds is 2. The fourth-order valence-electron chi connectivity index (χ4n) is 4.44. The van der Waals surface area contributed by atoms with Crippen molar-refractivity contribution in [3.05, 3.63) is 107 Å². The van der Waals surface area contributed by atoms with Crippen molar-refractivity contribution < 1.29 is 30.0 Å². The third-order valence-electron chi connectivity index (χ3n) is 5.55. The number of fused-ring (bicyclic) bond motifs is 6. The largest absolute Gasteiger partial charge is 0.512 e. The number of allylic oxidation sites excluding steroid dienone is 2. The molecule has 5 rings (SSSR count). The molecule has 4 aromatic carbocycles. The van der Waals surface area contributed by atoms with E-state index in [0.29, 0.717) is 0 Å². The normalized spacial score (nSPS) is 14.1. The van der Waals surface area contributed by atoms with E-state index in [-0.39, 0.29) is 37.2 Å². The van der Waals surface area contributed by atoms with Crippen molar-refractivity contribution in [1.29, 1.82) is 0 Å². The average Bonchev–Trinajstić information content (AvgIpc) is 3.06. The van der Waals surface area contributed by atoms with Gasteiger partial charge in [-0.1, -0.05) is 48.5 Å². The van der Waals surface area contributed by atoms with Crippen LogP contribution in [-0.4, -0.2) is 16.6 Å². The Labute approximate surface area is 208 Å². The quantitative estimate of drug-likeness (QED) is 0.116. The Morgan fingerprint density at radius 3 is 1.94 bits per heavy atom. The molecule has 0 atom stereocenters. The number of ketones is 1. The smallest absolute Gasteiger partial charge is 0.155 e. The van der Waals surface area contributed by atoms with Crippen LogP contribution in [0.2, 0.25) is 0 Å². The second-order valence-corrected chi connectivity index (χ2v) is 8.53. The first kappa shape index (κ1) is 24.6. The van der Waals surface area contributed by atoms with Crippen molar-refractivity contribution >= 4 is 33.0 Å². The summed E-state index contributed by atoms with van der Waals surface area (Å²) in [6, 6.07) is 28.9.